The van der Waals surface area contributed by atoms with Crippen LogP contribution in [-0.2, 0) is 4.79 Å². The van der Waals surface area contributed by atoms with Gasteiger partial charge in [0.05, 0.1) is 0 Å². The van der Waals surface area contributed by atoms with Crippen LogP contribution < -0.4 is 5.73 Å². The summed E-state index contributed by atoms with van der Waals surface area (Å²) in [4.78, 5) is 8.40. The minimum atomic E-state index is -1.58. The van der Waals surface area contributed by atoms with Crippen molar-refractivity contribution in [2.24, 2.45) is 5.73 Å². The molecule has 0 rings (SSSR count). The van der Waals surface area contributed by atoms with Crippen LogP contribution in [0.15, 0.2) is 12.7 Å². The minimum absolute atomic E-state index is 1.05. The molecule has 8 heavy (non-hydrogen) atoms. The van der Waals surface area contributed by atoms with E-state index >= 15 is 0 Å². The zero-order chi connectivity index (χ0) is 6.78. The summed E-state index contributed by atoms with van der Waals surface area (Å²) in [5.74, 6) is -1.20. The predicted octanol–water partition coefficient (Wildman–Crippen LogP) is -0.158. The van der Waals surface area contributed by atoms with Crippen LogP contribution in [0.1, 0.15) is 0 Å². The molecule has 4 heteroatoms. The van der Waals surface area contributed by atoms with E-state index in [4.69, 9.17) is 10.8 Å². The number of carboxylic acids is 1. The molecule has 0 heterocycles. The van der Waals surface area contributed by atoms with Crippen molar-refractivity contribution in [1.29, 1.82) is 0 Å². The van der Waals surface area contributed by atoms with Crippen LogP contribution in [0.25, 0.3) is 0 Å². The predicted molar refractivity (Wildman–Crippen MR) is 33.7 cm³/mol. The number of hydrogen-bond donors (Lipinski definition) is 3. The lowest BCUT2D eigenvalue weighted by Crippen LogP contribution is -2.39. The van der Waals surface area contributed by atoms with E-state index in [-0.39, 0.29) is 0 Å². The van der Waals surface area contributed by atoms with Crippen molar-refractivity contribution in [1.82, 2.24) is 0 Å². The Bertz CT molecular complexity index is 121. The number of hydrogen-bond acceptors (Lipinski definition) is 3. The molecule has 0 aromatic carbocycles. The van der Waals surface area contributed by atoms with Gasteiger partial charge in [-0.2, -0.15) is 0 Å². The van der Waals surface area contributed by atoms with E-state index in [2.05, 4.69) is 19.2 Å². The van der Waals surface area contributed by atoms with Crippen LogP contribution in [0.5, 0.6) is 0 Å². The van der Waals surface area contributed by atoms with Crippen molar-refractivity contribution < 1.29 is 9.90 Å². The standard InChI is InChI=1S/C4H7NO2S/c1-2-4(5,8)3(6)7/h2,8H,1,5H2,(H,6,7). The number of carbonyl (C=O) groups is 1. The maximum absolute atomic E-state index is 9.98. The third kappa shape index (κ3) is 1.55. The number of rotatable bonds is 2. The molecule has 3 N–H and O–H groups in total. The Morgan fingerprint density at radius 3 is 2.38 bits per heavy atom. The molecule has 0 aliphatic rings. The lowest BCUT2D eigenvalue weighted by Gasteiger charge is -2.10. The van der Waals surface area contributed by atoms with E-state index in [9.17, 15) is 4.79 Å². The highest BCUT2D eigenvalue weighted by Gasteiger charge is 2.23. The fourth-order valence-corrected chi connectivity index (χ4v) is 0.0873. The van der Waals surface area contributed by atoms with Gasteiger partial charge in [-0.15, -0.1) is 12.6 Å². The molecule has 0 fully saturated rings. The van der Waals surface area contributed by atoms with Gasteiger partial charge >= 0.3 is 5.97 Å². The van der Waals surface area contributed by atoms with Crippen LogP contribution in [0.4, 0.5) is 0 Å². The molecule has 0 aliphatic carbocycles. The smallest absolute Gasteiger partial charge is 0.338 e. The number of carboxylic acid groups (broad SMARTS) is 1. The van der Waals surface area contributed by atoms with Gasteiger partial charge in [0.2, 0.25) is 0 Å². The number of aliphatic carboxylic acids is 1. The quantitative estimate of drug-likeness (QED) is 0.279. The second-order valence-electron chi connectivity index (χ2n) is 1.33. The van der Waals surface area contributed by atoms with Gasteiger partial charge in [0, 0.05) is 0 Å². The summed E-state index contributed by atoms with van der Waals surface area (Å²) >= 11 is 3.54. The van der Waals surface area contributed by atoms with Gasteiger partial charge < -0.3 is 10.8 Å². The van der Waals surface area contributed by atoms with E-state index in [1.54, 1.807) is 0 Å². The van der Waals surface area contributed by atoms with E-state index in [1.165, 1.54) is 0 Å². The first kappa shape index (κ1) is 7.52. The van der Waals surface area contributed by atoms with Gasteiger partial charge in [-0.1, -0.05) is 12.7 Å². The largest absolute Gasteiger partial charge is 0.479 e. The van der Waals surface area contributed by atoms with Gasteiger partial charge in [-0.25, -0.2) is 4.79 Å². The lowest BCUT2D eigenvalue weighted by atomic mass is 10.3. The zero-order valence-corrected chi connectivity index (χ0v) is 5.06. The molecule has 3 nitrogen and oxygen atoms in total. The minimum Gasteiger partial charge on any atom is -0.479 e. The molecule has 46 valence electrons. The average Bonchev–Trinajstić information content (AvgIpc) is 1.67. The molecule has 0 bridgehead atoms. The summed E-state index contributed by atoms with van der Waals surface area (Å²) in [7, 11) is 0. The van der Waals surface area contributed by atoms with Crippen LogP contribution in [0.2, 0.25) is 0 Å². The number of thiol groups is 1. The SMILES string of the molecule is C=CC(N)(S)C(=O)O. The first-order chi connectivity index (χ1) is 3.50. The second kappa shape index (κ2) is 2.19. The molecule has 1 atom stereocenters. The Morgan fingerprint density at radius 2 is 2.38 bits per heavy atom. The van der Waals surface area contributed by atoms with Crippen molar-refractivity contribution in [3.63, 3.8) is 0 Å². The Hall–Kier alpha value is -0.480. The monoisotopic (exact) mass is 133 g/mol. The molecule has 0 saturated carbocycles. The molecule has 0 aromatic rings. The molecule has 0 radical (unpaired) electrons. The molecule has 0 aromatic heterocycles. The summed E-state index contributed by atoms with van der Waals surface area (Å²) in [5, 5.41) is 8.17. The Morgan fingerprint density at radius 1 is 2.00 bits per heavy atom. The molecular formula is C4H7NO2S. The van der Waals surface area contributed by atoms with E-state index in [0.29, 0.717) is 0 Å². The van der Waals surface area contributed by atoms with Gasteiger partial charge in [0.25, 0.3) is 0 Å². The first-order valence-electron chi connectivity index (χ1n) is 1.89. The molecule has 0 amide bonds. The Balaban J connectivity index is 4.12. The molecular weight excluding hydrogens is 126 g/mol. The summed E-state index contributed by atoms with van der Waals surface area (Å²) in [6.45, 7) is 3.17. The van der Waals surface area contributed by atoms with Crippen molar-refractivity contribution >= 4 is 18.6 Å². The lowest BCUT2D eigenvalue weighted by molar-refractivity contribution is -0.138. The highest BCUT2D eigenvalue weighted by Crippen LogP contribution is 2.05. The molecule has 0 aliphatic heterocycles. The van der Waals surface area contributed by atoms with E-state index < -0.39 is 10.8 Å². The average molecular weight is 133 g/mol. The fourth-order valence-electron chi connectivity index (χ4n) is 0.0873. The summed E-state index contributed by atoms with van der Waals surface area (Å²) < 4.78 is 0. The van der Waals surface area contributed by atoms with Crippen LogP contribution in [0, 0.1) is 0 Å². The Kier molecular flexibility index (Phi) is 2.06. The molecule has 0 saturated heterocycles. The third-order valence-electron chi connectivity index (χ3n) is 0.654. The van der Waals surface area contributed by atoms with Crippen LogP contribution >= 0.6 is 12.6 Å². The van der Waals surface area contributed by atoms with Gasteiger partial charge in [0.15, 0.2) is 4.87 Å². The first-order valence-corrected chi connectivity index (χ1v) is 2.33. The van der Waals surface area contributed by atoms with E-state index in [0.717, 1.165) is 6.08 Å². The highest BCUT2D eigenvalue weighted by atomic mass is 32.1. The fraction of sp³-hybridized carbons (Fsp3) is 0.250. The Labute approximate surface area is 52.6 Å². The van der Waals surface area contributed by atoms with Crippen LogP contribution in [0.3, 0.4) is 0 Å². The third-order valence-corrected chi connectivity index (χ3v) is 1.03. The number of nitrogens with two attached hydrogens (primary N) is 1. The zero-order valence-electron chi connectivity index (χ0n) is 4.16. The maximum Gasteiger partial charge on any atom is 0.338 e. The second-order valence-corrected chi connectivity index (χ2v) is 2.07. The molecule has 0 spiro atoms. The summed E-state index contributed by atoms with van der Waals surface area (Å²) in [6, 6.07) is 0. The van der Waals surface area contributed by atoms with Gasteiger partial charge in [-0.3, -0.25) is 0 Å². The van der Waals surface area contributed by atoms with Crippen molar-refractivity contribution in [2.45, 2.75) is 4.87 Å². The summed E-state index contributed by atoms with van der Waals surface area (Å²) in [6.07, 6.45) is 1.05. The van der Waals surface area contributed by atoms with Crippen molar-refractivity contribution in [3.8, 4) is 0 Å². The van der Waals surface area contributed by atoms with Crippen molar-refractivity contribution in [3.05, 3.63) is 12.7 Å². The van der Waals surface area contributed by atoms with E-state index in [1.807, 2.05) is 0 Å². The maximum atomic E-state index is 9.98. The van der Waals surface area contributed by atoms with Gasteiger partial charge in [-0.05, 0) is 0 Å². The highest BCUT2D eigenvalue weighted by molar-refractivity contribution is 7.82. The normalized spacial score (nSPS) is 16.8. The van der Waals surface area contributed by atoms with Gasteiger partial charge in [0.1, 0.15) is 0 Å². The molecule has 1 unspecified atom stereocenters. The van der Waals surface area contributed by atoms with Crippen molar-refractivity contribution in [2.75, 3.05) is 0 Å². The topological polar surface area (TPSA) is 63.3 Å². The summed E-state index contributed by atoms with van der Waals surface area (Å²) in [5.41, 5.74) is 5.01. The van der Waals surface area contributed by atoms with Crippen LogP contribution in [-0.4, -0.2) is 15.9 Å².